The predicted molar refractivity (Wildman–Crippen MR) is 44.1 cm³/mol. The molecule has 0 unspecified atom stereocenters. The third-order valence-corrected chi connectivity index (χ3v) is 2.26. The van der Waals surface area contributed by atoms with Crippen LogP contribution in [0.15, 0.2) is 0 Å². The molecule has 0 N–H and O–H groups in total. The van der Waals surface area contributed by atoms with Gasteiger partial charge in [-0.3, -0.25) is 0 Å². The van der Waals surface area contributed by atoms with Crippen molar-refractivity contribution in [2.45, 2.75) is 19.8 Å². The molecule has 56 valence electrons. The second kappa shape index (κ2) is 8.31. The summed E-state index contributed by atoms with van der Waals surface area (Å²) in [5.74, 6) is 2.55. The topological polar surface area (TPSA) is 9.23 Å². The van der Waals surface area contributed by atoms with Crippen molar-refractivity contribution < 1.29 is 4.74 Å². The zero-order valence-electron chi connectivity index (χ0n) is 6.35. The van der Waals surface area contributed by atoms with Crippen LogP contribution in [-0.4, -0.2) is 25.2 Å². The van der Waals surface area contributed by atoms with Crippen LogP contribution in [0.2, 0.25) is 0 Å². The Hall–Kier alpha value is 0.310. The van der Waals surface area contributed by atoms with Crippen LogP contribution in [-0.2, 0) is 4.74 Å². The largest absolute Gasteiger partial charge is 0.385 e. The Kier molecular flexibility index (Phi) is 8.60. The van der Waals surface area contributed by atoms with Crippen molar-refractivity contribution in [2.75, 3.05) is 25.2 Å². The standard InChI is InChI=1S/C7H16OS/c1-3-6-9-7-4-5-8-2/h3-7H2,1-2H3. The molecular weight excluding hydrogens is 132 g/mol. The van der Waals surface area contributed by atoms with Crippen molar-refractivity contribution in [3.63, 3.8) is 0 Å². The summed E-state index contributed by atoms with van der Waals surface area (Å²) in [5, 5.41) is 0. The summed E-state index contributed by atoms with van der Waals surface area (Å²) in [6.45, 7) is 3.13. The molecule has 2 heteroatoms. The first-order chi connectivity index (χ1) is 4.41. The van der Waals surface area contributed by atoms with Crippen LogP contribution in [0.5, 0.6) is 0 Å². The first kappa shape index (κ1) is 9.31. The van der Waals surface area contributed by atoms with Crippen molar-refractivity contribution in [2.24, 2.45) is 0 Å². The van der Waals surface area contributed by atoms with Crippen LogP contribution in [0.25, 0.3) is 0 Å². The lowest BCUT2D eigenvalue weighted by Crippen LogP contribution is -1.90. The fraction of sp³-hybridized carbons (Fsp3) is 1.00. The van der Waals surface area contributed by atoms with Gasteiger partial charge in [-0.05, 0) is 24.3 Å². The lowest BCUT2D eigenvalue weighted by molar-refractivity contribution is 0.200. The van der Waals surface area contributed by atoms with Gasteiger partial charge in [0.2, 0.25) is 0 Å². The summed E-state index contributed by atoms with van der Waals surface area (Å²) < 4.78 is 4.91. The fourth-order valence-corrected chi connectivity index (χ4v) is 1.37. The molecule has 0 spiro atoms. The van der Waals surface area contributed by atoms with E-state index in [-0.39, 0.29) is 0 Å². The van der Waals surface area contributed by atoms with Crippen molar-refractivity contribution >= 4 is 11.8 Å². The summed E-state index contributed by atoms with van der Waals surface area (Å²) in [5.41, 5.74) is 0. The second-order valence-electron chi connectivity index (χ2n) is 1.96. The lowest BCUT2D eigenvalue weighted by atomic mass is 10.5. The van der Waals surface area contributed by atoms with Gasteiger partial charge in [0.05, 0.1) is 0 Å². The summed E-state index contributed by atoms with van der Waals surface area (Å²) in [7, 11) is 1.75. The Balaban J connectivity index is 2.60. The predicted octanol–water partition coefficient (Wildman–Crippen LogP) is 2.17. The summed E-state index contributed by atoms with van der Waals surface area (Å²) >= 11 is 2.01. The third-order valence-electron chi connectivity index (χ3n) is 0.986. The average molecular weight is 148 g/mol. The highest BCUT2D eigenvalue weighted by atomic mass is 32.2. The second-order valence-corrected chi connectivity index (χ2v) is 3.18. The molecule has 0 saturated carbocycles. The van der Waals surface area contributed by atoms with E-state index >= 15 is 0 Å². The van der Waals surface area contributed by atoms with Gasteiger partial charge in [0.1, 0.15) is 0 Å². The molecule has 0 atom stereocenters. The summed E-state index contributed by atoms with van der Waals surface area (Å²) in [6, 6.07) is 0. The molecule has 9 heavy (non-hydrogen) atoms. The highest BCUT2D eigenvalue weighted by Crippen LogP contribution is 2.03. The molecule has 0 amide bonds. The number of thioether (sulfide) groups is 1. The molecular formula is C7H16OS. The molecule has 0 bridgehead atoms. The number of rotatable bonds is 6. The minimum absolute atomic E-state index is 0.913. The maximum Gasteiger partial charge on any atom is 0.0470 e. The van der Waals surface area contributed by atoms with Gasteiger partial charge in [-0.15, -0.1) is 0 Å². The van der Waals surface area contributed by atoms with E-state index in [1.54, 1.807) is 7.11 Å². The molecule has 0 radical (unpaired) electrons. The van der Waals surface area contributed by atoms with Crippen molar-refractivity contribution in [3.05, 3.63) is 0 Å². The van der Waals surface area contributed by atoms with Gasteiger partial charge in [-0.25, -0.2) is 0 Å². The fourth-order valence-electron chi connectivity index (χ4n) is 0.552. The number of hydrogen-bond donors (Lipinski definition) is 0. The Morgan fingerprint density at radius 2 is 2.11 bits per heavy atom. The van der Waals surface area contributed by atoms with Crippen molar-refractivity contribution in [1.29, 1.82) is 0 Å². The summed E-state index contributed by atoms with van der Waals surface area (Å²) in [6.07, 6.45) is 2.48. The minimum atomic E-state index is 0.913. The smallest absolute Gasteiger partial charge is 0.0470 e. The van der Waals surface area contributed by atoms with E-state index in [1.165, 1.54) is 24.3 Å². The Labute approximate surface area is 62.2 Å². The first-order valence-electron chi connectivity index (χ1n) is 3.48. The zero-order valence-corrected chi connectivity index (χ0v) is 7.17. The van der Waals surface area contributed by atoms with E-state index in [2.05, 4.69) is 6.92 Å². The molecule has 0 aromatic heterocycles. The quantitative estimate of drug-likeness (QED) is 0.534. The van der Waals surface area contributed by atoms with Gasteiger partial charge in [-0.1, -0.05) is 6.92 Å². The maximum atomic E-state index is 4.91. The number of ether oxygens (including phenoxy) is 1. The van der Waals surface area contributed by atoms with Crippen LogP contribution >= 0.6 is 11.8 Å². The molecule has 0 aliphatic carbocycles. The van der Waals surface area contributed by atoms with Gasteiger partial charge in [0.15, 0.2) is 0 Å². The number of methoxy groups -OCH3 is 1. The molecule has 1 nitrogen and oxygen atoms in total. The zero-order chi connectivity index (χ0) is 6.95. The molecule has 0 saturated heterocycles. The normalized spacial score (nSPS) is 10.0. The highest BCUT2D eigenvalue weighted by molar-refractivity contribution is 7.99. The maximum absolute atomic E-state index is 4.91. The third kappa shape index (κ3) is 8.31. The number of hydrogen-bond acceptors (Lipinski definition) is 2. The Bertz CT molecular complexity index is 42.2. The first-order valence-corrected chi connectivity index (χ1v) is 4.64. The van der Waals surface area contributed by atoms with Gasteiger partial charge < -0.3 is 4.74 Å². The molecule has 0 rings (SSSR count). The molecule has 0 aliphatic heterocycles. The highest BCUT2D eigenvalue weighted by Gasteiger charge is 1.85. The van der Waals surface area contributed by atoms with E-state index in [9.17, 15) is 0 Å². The van der Waals surface area contributed by atoms with Crippen molar-refractivity contribution in [3.8, 4) is 0 Å². The van der Waals surface area contributed by atoms with Gasteiger partial charge in [-0.2, -0.15) is 11.8 Å². The van der Waals surface area contributed by atoms with E-state index in [4.69, 9.17) is 4.74 Å². The summed E-state index contributed by atoms with van der Waals surface area (Å²) in [4.78, 5) is 0. The van der Waals surface area contributed by atoms with Crippen LogP contribution in [0.4, 0.5) is 0 Å². The molecule has 0 aliphatic rings. The van der Waals surface area contributed by atoms with Crippen LogP contribution in [0, 0.1) is 0 Å². The minimum Gasteiger partial charge on any atom is -0.385 e. The van der Waals surface area contributed by atoms with Gasteiger partial charge in [0, 0.05) is 13.7 Å². The average Bonchev–Trinajstić information content (AvgIpc) is 1.89. The van der Waals surface area contributed by atoms with Crippen LogP contribution in [0.1, 0.15) is 19.8 Å². The van der Waals surface area contributed by atoms with E-state index < -0.39 is 0 Å². The lowest BCUT2D eigenvalue weighted by Gasteiger charge is -1.97. The molecule has 0 fully saturated rings. The van der Waals surface area contributed by atoms with Crippen molar-refractivity contribution in [1.82, 2.24) is 0 Å². The van der Waals surface area contributed by atoms with Gasteiger partial charge in [0.25, 0.3) is 0 Å². The molecule has 0 aromatic rings. The molecule has 0 heterocycles. The molecule has 0 aromatic carbocycles. The van der Waals surface area contributed by atoms with E-state index in [1.807, 2.05) is 11.8 Å². The van der Waals surface area contributed by atoms with E-state index in [0.29, 0.717) is 0 Å². The van der Waals surface area contributed by atoms with Gasteiger partial charge >= 0.3 is 0 Å². The SMILES string of the molecule is CCCSCCCOC. The monoisotopic (exact) mass is 148 g/mol. The van der Waals surface area contributed by atoms with Crippen LogP contribution < -0.4 is 0 Å². The van der Waals surface area contributed by atoms with E-state index in [0.717, 1.165) is 6.61 Å². The Morgan fingerprint density at radius 3 is 2.67 bits per heavy atom. The Morgan fingerprint density at radius 1 is 1.33 bits per heavy atom. The van der Waals surface area contributed by atoms with Crippen LogP contribution in [0.3, 0.4) is 0 Å².